The first-order chi connectivity index (χ1) is 12.9. The first-order valence-corrected chi connectivity index (χ1v) is 8.48. The summed E-state index contributed by atoms with van der Waals surface area (Å²) in [4.78, 5) is 18.0. The van der Waals surface area contributed by atoms with Crippen molar-refractivity contribution in [2.24, 2.45) is 0 Å². The average molecular weight is 383 g/mol. The first-order valence-electron chi connectivity index (χ1n) is 8.48. The van der Waals surface area contributed by atoms with Crippen molar-refractivity contribution in [2.45, 2.75) is 12.7 Å². The number of benzene rings is 1. The Kier molecular flexibility index (Phi) is 5.84. The van der Waals surface area contributed by atoms with E-state index in [1.54, 1.807) is 23.3 Å². The standard InChI is InChI=1S/C17H20F3N5O2/c18-17(19,20)13-1-2-15(25-7-9-27-10-8-25)14(11-13)23-16(26)22-4-6-24-5-3-21-12-24/h1-3,5,11-12H,4,6-10H2,(H2,22,23,26). The van der Waals surface area contributed by atoms with Gasteiger partial charge in [-0.1, -0.05) is 0 Å². The van der Waals surface area contributed by atoms with E-state index in [2.05, 4.69) is 15.6 Å². The highest BCUT2D eigenvalue weighted by atomic mass is 19.4. The van der Waals surface area contributed by atoms with Gasteiger partial charge in [0.15, 0.2) is 0 Å². The number of imidazole rings is 1. The Bertz CT molecular complexity index is 758. The first kappa shape index (κ1) is 19.0. The fourth-order valence-electron chi connectivity index (χ4n) is 2.78. The Hall–Kier alpha value is -2.75. The minimum Gasteiger partial charge on any atom is -0.378 e. The van der Waals surface area contributed by atoms with E-state index in [1.165, 1.54) is 6.07 Å². The fraction of sp³-hybridized carbons (Fsp3) is 0.412. The summed E-state index contributed by atoms with van der Waals surface area (Å²) in [6.45, 7) is 2.88. The minimum atomic E-state index is -4.49. The molecule has 27 heavy (non-hydrogen) atoms. The topological polar surface area (TPSA) is 71.4 Å². The number of morpholine rings is 1. The predicted octanol–water partition coefficient (Wildman–Crippen LogP) is 2.56. The van der Waals surface area contributed by atoms with Gasteiger partial charge in [0.05, 0.1) is 36.5 Å². The molecule has 1 fully saturated rings. The van der Waals surface area contributed by atoms with Gasteiger partial charge >= 0.3 is 12.2 Å². The highest BCUT2D eigenvalue weighted by molar-refractivity contribution is 5.93. The molecule has 0 unspecified atom stereocenters. The number of hydrogen-bond acceptors (Lipinski definition) is 4. The number of nitrogens with zero attached hydrogens (tertiary/aromatic N) is 3. The maximum atomic E-state index is 13.1. The number of hydrogen-bond donors (Lipinski definition) is 2. The molecule has 10 heteroatoms. The van der Waals surface area contributed by atoms with Gasteiger partial charge in [-0.15, -0.1) is 0 Å². The largest absolute Gasteiger partial charge is 0.416 e. The quantitative estimate of drug-likeness (QED) is 0.833. The molecule has 0 spiro atoms. The molecule has 1 aliphatic rings. The molecule has 1 aromatic carbocycles. The van der Waals surface area contributed by atoms with Gasteiger partial charge in [0.2, 0.25) is 0 Å². The summed E-state index contributed by atoms with van der Waals surface area (Å²) in [6.07, 6.45) is 0.501. The number of rotatable bonds is 5. The van der Waals surface area contributed by atoms with Crippen LogP contribution in [0.3, 0.4) is 0 Å². The molecule has 1 aliphatic heterocycles. The van der Waals surface area contributed by atoms with Crippen LogP contribution < -0.4 is 15.5 Å². The molecule has 0 saturated carbocycles. The molecule has 7 nitrogen and oxygen atoms in total. The second-order valence-corrected chi connectivity index (χ2v) is 6.01. The lowest BCUT2D eigenvalue weighted by Gasteiger charge is -2.31. The second kappa shape index (κ2) is 8.30. The van der Waals surface area contributed by atoms with Crippen molar-refractivity contribution in [1.82, 2.24) is 14.9 Å². The molecule has 0 bridgehead atoms. The van der Waals surface area contributed by atoms with Crippen molar-refractivity contribution in [3.63, 3.8) is 0 Å². The Morgan fingerprint density at radius 1 is 1.26 bits per heavy atom. The maximum Gasteiger partial charge on any atom is 0.416 e. The maximum absolute atomic E-state index is 13.1. The summed E-state index contributed by atoms with van der Waals surface area (Å²) in [5.41, 5.74) is -0.156. The zero-order valence-corrected chi connectivity index (χ0v) is 14.5. The molecule has 0 radical (unpaired) electrons. The average Bonchev–Trinajstić information content (AvgIpc) is 3.15. The molecule has 1 saturated heterocycles. The van der Waals surface area contributed by atoms with E-state index in [-0.39, 0.29) is 5.69 Å². The van der Waals surface area contributed by atoms with E-state index in [0.29, 0.717) is 45.1 Å². The van der Waals surface area contributed by atoms with Crippen LogP contribution in [0.15, 0.2) is 36.9 Å². The number of urea groups is 1. The van der Waals surface area contributed by atoms with Crippen molar-refractivity contribution in [1.29, 1.82) is 0 Å². The zero-order valence-electron chi connectivity index (χ0n) is 14.5. The smallest absolute Gasteiger partial charge is 0.378 e. The van der Waals surface area contributed by atoms with Gasteiger partial charge in [-0.2, -0.15) is 13.2 Å². The molecule has 3 rings (SSSR count). The lowest BCUT2D eigenvalue weighted by atomic mass is 10.1. The van der Waals surface area contributed by atoms with Gasteiger partial charge in [-0.3, -0.25) is 0 Å². The van der Waals surface area contributed by atoms with Crippen LogP contribution in [0.25, 0.3) is 0 Å². The van der Waals surface area contributed by atoms with Crippen molar-refractivity contribution in [2.75, 3.05) is 43.1 Å². The summed E-state index contributed by atoms with van der Waals surface area (Å²) < 4.78 is 46.3. The van der Waals surface area contributed by atoms with Crippen molar-refractivity contribution < 1.29 is 22.7 Å². The molecule has 2 heterocycles. The molecular weight excluding hydrogens is 363 g/mol. The molecule has 2 aromatic rings. The molecule has 146 valence electrons. The number of carbonyl (C=O) groups excluding carboxylic acids is 1. The van der Waals surface area contributed by atoms with Crippen LogP contribution in [0, 0.1) is 0 Å². The molecule has 2 amide bonds. The number of ether oxygens (including phenoxy) is 1. The summed E-state index contributed by atoms with van der Waals surface area (Å²) in [6, 6.07) is 2.80. The summed E-state index contributed by atoms with van der Waals surface area (Å²) in [5.74, 6) is 0. The summed E-state index contributed by atoms with van der Waals surface area (Å²) >= 11 is 0. The van der Waals surface area contributed by atoms with Gasteiger partial charge in [-0.25, -0.2) is 9.78 Å². The van der Waals surface area contributed by atoms with Gasteiger partial charge in [-0.05, 0) is 18.2 Å². The van der Waals surface area contributed by atoms with Gasteiger partial charge < -0.3 is 24.8 Å². The van der Waals surface area contributed by atoms with Crippen LogP contribution in [0.2, 0.25) is 0 Å². The molecular formula is C17H20F3N5O2. The number of nitrogens with one attached hydrogen (secondary N) is 2. The highest BCUT2D eigenvalue weighted by Crippen LogP contribution is 2.35. The van der Waals surface area contributed by atoms with Crippen LogP contribution >= 0.6 is 0 Å². The highest BCUT2D eigenvalue weighted by Gasteiger charge is 2.31. The molecule has 1 aromatic heterocycles. The van der Waals surface area contributed by atoms with Crippen LogP contribution in [-0.2, 0) is 17.5 Å². The Balaban J connectivity index is 1.70. The zero-order chi connectivity index (χ0) is 19.3. The van der Waals surface area contributed by atoms with Gasteiger partial charge in [0.25, 0.3) is 0 Å². The summed E-state index contributed by atoms with van der Waals surface area (Å²) in [7, 11) is 0. The molecule has 0 aliphatic carbocycles. The second-order valence-electron chi connectivity index (χ2n) is 6.01. The Morgan fingerprint density at radius 3 is 2.70 bits per heavy atom. The third-order valence-electron chi connectivity index (χ3n) is 4.14. The van der Waals surface area contributed by atoms with Gasteiger partial charge in [0.1, 0.15) is 0 Å². The van der Waals surface area contributed by atoms with Crippen LogP contribution in [0.4, 0.5) is 29.3 Å². The predicted molar refractivity (Wildman–Crippen MR) is 93.7 cm³/mol. The fourth-order valence-corrected chi connectivity index (χ4v) is 2.78. The number of carbonyl (C=O) groups is 1. The monoisotopic (exact) mass is 383 g/mol. The third kappa shape index (κ3) is 5.13. The van der Waals surface area contributed by atoms with Crippen molar-refractivity contribution in [3.8, 4) is 0 Å². The lowest BCUT2D eigenvalue weighted by Crippen LogP contribution is -2.37. The van der Waals surface area contributed by atoms with Crippen LogP contribution in [-0.4, -0.2) is 48.4 Å². The third-order valence-corrected chi connectivity index (χ3v) is 4.14. The van der Waals surface area contributed by atoms with E-state index in [9.17, 15) is 18.0 Å². The van der Waals surface area contributed by atoms with Crippen LogP contribution in [0.1, 0.15) is 5.56 Å². The normalized spacial score (nSPS) is 14.9. The van der Waals surface area contributed by atoms with E-state index in [1.807, 2.05) is 4.90 Å². The van der Waals surface area contributed by atoms with Crippen molar-refractivity contribution >= 4 is 17.4 Å². The SMILES string of the molecule is O=C(NCCn1ccnc1)Nc1cc(C(F)(F)F)ccc1N1CCOCC1. The van der Waals surface area contributed by atoms with Crippen molar-refractivity contribution in [3.05, 3.63) is 42.5 Å². The number of alkyl halides is 3. The van der Waals surface area contributed by atoms with Crippen LogP contribution in [0.5, 0.6) is 0 Å². The van der Waals surface area contributed by atoms with Gasteiger partial charge in [0, 0.05) is 38.6 Å². The summed E-state index contributed by atoms with van der Waals surface area (Å²) in [5, 5.41) is 5.18. The number of amides is 2. The number of aromatic nitrogens is 2. The minimum absolute atomic E-state index is 0.117. The Labute approximate surface area is 154 Å². The Morgan fingerprint density at radius 2 is 2.04 bits per heavy atom. The lowest BCUT2D eigenvalue weighted by molar-refractivity contribution is -0.137. The van der Waals surface area contributed by atoms with E-state index < -0.39 is 17.8 Å². The number of anilines is 2. The molecule has 0 atom stereocenters. The molecule has 2 N–H and O–H groups in total. The number of halogens is 3. The van der Waals surface area contributed by atoms with E-state index >= 15 is 0 Å². The van der Waals surface area contributed by atoms with E-state index in [4.69, 9.17) is 4.74 Å². The van der Waals surface area contributed by atoms with E-state index in [0.717, 1.165) is 12.1 Å².